The molecule has 2 N–H and O–H groups in total. The smallest absolute Gasteiger partial charge is 0.444 e. The predicted molar refractivity (Wildman–Crippen MR) is 122 cm³/mol. The molecule has 9 nitrogen and oxygen atoms in total. The van der Waals surface area contributed by atoms with Crippen LogP contribution in [0.5, 0.6) is 0 Å². The highest BCUT2D eigenvalue weighted by atomic mass is 19.4. The molecule has 192 valence electrons. The molecule has 0 saturated carbocycles. The molecule has 0 aliphatic carbocycles. The second-order valence-corrected chi connectivity index (χ2v) is 9.85. The summed E-state index contributed by atoms with van der Waals surface area (Å²) in [6, 6.07) is 1.30. The van der Waals surface area contributed by atoms with Crippen molar-refractivity contribution < 1.29 is 27.8 Å². The van der Waals surface area contributed by atoms with E-state index in [1.807, 2.05) is 20.8 Å². The molecule has 35 heavy (non-hydrogen) atoms. The standard InChI is InChI=1S/C23H31F3N6O3/c1-14-28-12-16(22(5,34)13-29-17-6-9-27-19(31-17)23(24,25)26)18(30-14)15-7-10-32(11-8-15)20(33)35-21(2,3)4/h6,9,12,15,34H,7-8,10-11,13H2,1-5H3,(H,27,29,31). The second-order valence-electron chi connectivity index (χ2n) is 9.85. The highest BCUT2D eigenvalue weighted by Crippen LogP contribution is 2.34. The van der Waals surface area contributed by atoms with E-state index in [9.17, 15) is 23.1 Å². The van der Waals surface area contributed by atoms with Crippen molar-refractivity contribution in [2.45, 2.75) is 70.8 Å². The quantitative estimate of drug-likeness (QED) is 0.638. The molecule has 1 amide bonds. The molecule has 0 spiro atoms. The summed E-state index contributed by atoms with van der Waals surface area (Å²) in [4.78, 5) is 29.6. The molecule has 3 heterocycles. The number of alkyl halides is 3. The number of piperidine rings is 1. The van der Waals surface area contributed by atoms with Gasteiger partial charge in [0.25, 0.3) is 0 Å². The third kappa shape index (κ3) is 7.00. The fraction of sp³-hybridized carbons (Fsp3) is 0.609. The number of rotatable bonds is 5. The number of aromatic nitrogens is 4. The molecule has 1 saturated heterocycles. The van der Waals surface area contributed by atoms with Gasteiger partial charge in [-0.2, -0.15) is 13.2 Å². The summed E-state index contributed by atoms with van der Waals surface area (Å²) in [6.45, 7) is 9.55. The Balaban J connectivity index is 1.74. The van der Waals surface area contributed by atoms with Gasteiger partial charge in [-0.1, -0.05) is 0 Å². The van der Waals surface area contributed by atoms with E-state index in [1.54, 1.807) is 24.9 Å². The Morgan fingerprint density at radius 2 is 1.83 bits per heavy atom. The topological polar surface area (TPSA) is 113 Å². The van der Waals surface area contributed by atoms with Crippen LogP contribution in [0.25, 0.3) is 0 Å². The minimum absolute atomic E-state index is 0.0345. The minimum Gasteiger partial charge on any atom is -0.444 e. The number of ether oxygens (including phenoxy) is 1. The number of hydrogen-bond donors (Lipinski definition) is 2. The molecule has 1 aliphatic heterocycles. The largest absolute Gasteiger partial charge is 0.451 e. The molecule has 2 aromatic rings. The van der Waals surface area contributed by atoms with Crippen LogP contribution in [0.2, 0.25) is 0 Å². The molecular weight excluding hydrogens is 465 g/mol. The van der Waals surface area contributed by atoms with Crippen LogP contribution in [0.15, 0.2) is 18.5 Å². The van der Waals surface area contributed by atoms with Crippen LogP contribution in [0.1, 0.15) is 69.4 Å². The molecule has 0 aromatic carbocycles. The number of likely N-dealkylation sites (tertiary alicyclic amines) is 1. The number of aryl methyl sites for hydroxylation is 1. The number of aliphatic hydroxyl groups is 1. The van der Waals surface area contributed by atoms with Gasteiger partial charge in [0, 0.05) is 43.5 Å². The Morgan fingerprint density at radius 3 is 2.43 bits per heavy atom. The maximum Gasteiger partial charge on any atom is 0.451 e. The summed E-state index contributed by atoms with van der Waals surface area (Å²) in [5, 5.41) is 14.0. The van der Waals surface area contributed by atoms with E-state index in [0.29, 0.717) is 43.0 Å². The first kappa shape index (κ1) is 26.6. The first-order valence-electron chi connectivity index (χ1n) is 11.3. The van der Waals surface area contributed by atoms with Gasteiger partial charge >= 0.3 is 12.3 Å². The van der Waals surface area contributed by atoms with Crippen LogP contribution < -0.4 is 5.32 Å². The SMILES string of the molecule is Cc1ncc(C(C)(O)CNc2ccnc(C(F)(F)F)n2)c(C2CCN(C(=O)OC(C)(C)C)CC2)n1. The van der Waals surface area contributed by atoms with Gasteiger partial charge in [-0.05, 0) is 53.5 Å². The summed E-state index contributed by atoms with van der Waals surface area (Å²) in [6.07, 6.45) is -1.26. The summed E-state index contributed by atoms with van der Waals surface area (Å²) < 4.78 is 44.2. The first-order chi connectivity index (χ1) is 16.2. The predicted octanol–water partition coefficient (Wildman–Crippen LogP) is 4.03. The third-order valence-electron chi connectivity index (χ3n) is 5.58. The zero-order valence-electron chi connectivity index (χ0n) is 20.5. The van der Waals surface area contributed by atoms with Gasteiger partial charge in [0.2, 0.25) is 5.82 Å². The van der Waals surface area contributed by atoms with Gasteiger partial charge in [-0.15, -0.1) is 0 Å². The molecule has 0 radical (unpaired) electrons. The second kappa shape index (κ2) is 9.92. The molecular formula is C23H31F3N6O3. The molecule has 2 aromatic heterocycles. The first-order valence-corrected chi connectivity index (χ1v) is 11.3. The normalized spacial score (nSPS) is 17.1. The number of amides is 1. The molecule has 1 fully saturated rings. The molecule has 3 rings (SSSR count). The van der Waals surface area contributed by atoms with E-state index < -0.39 is 23.2 Å². The van der Waals surface area contributed by atoms with Crippen LogP contribution in [0.3, 0.4) is 0 Å². The summed E-state index contributed by atoms with van der Waals surface area (Å²) >= 11 is 0. The van der Waals surface area contributed by atoms with Crippen molar-refractivity contribution in [2.75, 3.05) is 25.0 Å². The van der Waals surface area contributed by atoms with Gasteiger partial charge in [0.15, 0.2) is 0 Å². The van der Waals surface area contributed by atoms with E-state index >= 15 is 0 Å². The van der Waals surface area contributed by atoms with E-state index in [-0.39, 0.29) is 24.4 Å². The Labute approximate surface area is 202 Å². The Kier molecular flexibility index (Phi) is 7.53. The third-order valence-corrected chi connectivity index (χ3v) is 5.58. The minimum atomic E-state index is -4.67. The Bertz CT molecular complexity index is 1050. The molecule has 0 bridgehead atoms. The number of carbonyl (C=O) groups is 1. The van der Waals surface area contributed by atoms with Gasteiger partial charge in [0.05, 0.1) is 5.69 Å². The van der Waals surface area contributed by atoms with Crippen molar-refractivity contribution in [1.82, 2.24) is 24.8 Å². The highest BCUT2D eigenvalue weighted by molar-refractivity contribution is 5.68. The van der Waals surface area contributed by atoms with Crippen LogP contribution >= 0.6 is 0 Å². The molecule has 12 heteroatoms. The highest BCUT2D eigenvalue weighted by Gasteiger charge is 2.36. The lowest BCUT2D eigenvalue weighted by atomic mass is 9.85. The Morgan fingerprint density at radius 1 is 1.17 bits per heavy atom. The average molecular weight is 497 g/mol. The number of hydrogen-bond acceptors (Lipinski definition) is 8. The van der Waals surface area contributed by atoms with E-state index in [0.717, 1.165) is 6.20 Å². The van der Waals surface area contributed by atoms with Gasteiger partial charge in [0.1, 0.15) is 22.8 Å². The van der Waals surface area contributed by atoms with Crippen LogP contribution in [-0.4, -0.2) is 61.3 Å². The van der Waals surface area contributed by atoms with E-state index in [1.165, 1.54) is 6.07 Å². The van der Waals surface area contributed by atoms with Crippen LogP contribution in [0.4, 0.5) is 23.8 Å². The van der Waals surface area contributed by atoms with Crippen LogP contribution in [-0.2, 0) is 16.5 Å². The fourth-order valence-corrected chi connectivity index (χ4v) is 3.83. The van der Waals surface area contributed by atoms with E-state index in [4.69, 9.17) is 4.74 Å². The van der Waals surface area contributed by atoms with Gasteiger partial charge in [-0.3, -0.25) is 0 Å². The van der Waals surface area contributed by atoms with Crippen molar-refractivity contribution >= 4 is 11.9 Å². The zero-order valence-corrected chi connectivity index (χ0v) is 20.5. The monoisotopic (exact) mass is 496 g/mol. The number of nitrogens with zero attached hydrogens (tertiary/aromatic N) is 5. The van der Waals surface area contributed by atoms with Gasteiger partial charge < -0.3 is 20.1 Å². The van der Waals surface area contributed by atoms with E-state index in [2.05, 4.69) is 25.3 Å². The number of carbonyl (C=O) groups excluding carboxylic acids is 1. The molecule has 1 unspecified atom stereocenters. The lowest BCUT2D eigenvalue weighted by Crippen LogP contribution is -2.42. The lowest BCUT2D eigenvalue weighted by Gasteiger charge is -2.35. The van der Waals surface area contributed by atoms with Crippen molar-refractivity contribution in [3.05, 3.63) is 41.4 Å². The summed E-state index contributed by atoms with van der Waals surface area (Å²) in [5.74, 6) is -0.827. The average Bonchev–Trinajstić information content (AvgIpc) is 2.76. The maximum absolute atomic E-state index is 12.9. The lowest BCUT2D eigenvalue weighted by molar-refractivity contribution is -0.144. The molecule has 1 aliphatic rings. The number of halogens is 3. The van der Waals surface area contributed by atoms with Crippen molar-refractivity contribution in [3.63, 3.8) is 0 Å². The van der Waals surface area contributed by atoms with Crippen molar-refractivity contribution in [1.29, 1.82) is 0 Å². The van der Waals surface area contributed by atoms with Crippen LogP contribution in [0, 0.1) is 6.92 Å². The maximum atomic E-state index is 12.9. The number of anilines is 1. The summed E-state index contributed by atoms with van der Waals surface area (Å²) in [7, 11) is 0. The zero-order chi connectivity index (χ0) is 26.0. The number of nitrogens with one attached hydrogen (secondary N) is 1. The van der Waals surface area contributed by atoms with Gasteiger partial charge in [-0.25, -0.2) is 24.7 Å². The summed E-state index contributed by atoms with van der Waals surface area (Å²) in [5.41, 5.74) is -0.960. The fourth-order valence-electron chi connectivity index (χ4n) is 3.83. The Hall–Kier alpha value is -3.02. The van der Waals surface area contributed by atoms with Crippen molar-refractivity contribution in [3.8, 4) is 0 Å². The molecule has 1 atom stereocenters. The van der Waals surface area contributed by atoms with Crippen molar-refractivity contribution in [2.24, 2.45) is 0 Å².